The van der Waals surface area contributed by atoms with Crippen molar-refractivity contribution in [2.24, 2.45) is 7.05 Å². The third-order valence-corrected chi connectivity index (χ3v) is 8.86. The van der Waals surface area contributed by atoms with E-state index in [9.17, 15) is 18.0 Å². The second-order valence-electron chi connectivity index (χ2n) is 8.30. The van der Waals surface area contributed by atoms with Crippen LogP contribution in [-0.4, -0.2) is 30.8 Å². The molecule has 4 aromatic rings. The number of aromatic nitrogens is 2. The van der Waals surface area contributed by atoms with Crippen molar-refractivity contribution in [3.63, 3.8) is 0 Å². The molecule has 0 saturated carbocycles. The van der Waals surface area contributed by atoms with Crippen LogP contribution in [0.15, 0.2) is 76.4 Å². The van der Waals surface area contributed by atoms with E-state index in [1.165, 1.54) is 23.9 Å². The summed E-state index contributed by atoms with van der Waals surface area (Å²) < 4.78 is 36.3. The first-order valence-electron chi connectivity index (χ1n) is 11.2. The van der Waals surface area contributed by atoms with Crippen LogP contribution in [0.2, 0.25) is 15.1 Å². The van der Waals surface area contributed by atoms with Gasteiger partial charge in [0.1, 0.15) is 12.3 Å². The number of ether oxygens (including phenoxy) is 1. The minimum atomic E-state index is -4.28. The second-order valence-corrected chi connectivity index (χ2v) is 11.5. The highest BCUT2D eigenvalue weighted by Gasteiger charge is 2.30. The van der Waals surface area contributed by atoms with Gasteiger partial charge < -0.3 is 4.74 Å². The fraction of sp³-hybridized carbons (Fsp3) is 0.154. The molecule has 1 heterocycles. The largest absolute Gasteiger partial charge is 0.457 e. The SMILES string of the molecule is Cc1c(N(C)S(=O)(=O)c2ccc(Cl)c(C(=O)OCc3c(Cl)cccc3Cl)c2)c(=O)n(-c2ccccc2)n1C. The highest BCUT2D eigenvalue weighted by atomic mass is 35.5. The van der Waals surface area contributed by atoms with Gasteiger partial charge in [-0.2, -0.15) is 0 Å². The number of hydrogen-bond donors (Lipinski definition) is 0. The van der Waals surface area contributed by atoms with E-state index >= 15 is 0 Å². The average molecular weight is 595 g/mol. The van der Waals surface area contributed by atoms with Crippen molar-refractivity contribution in [3.05, 3.63) is 109 Å². The molecule has 0 saturated heterocycles. The summed E-state index contributed by atoms with van der Waals surface area (Å²) in [5.74, 6) is -0.868. The molecule has 1 aromatic heterocycles. The smallest absolute Gasteiger partial charge is 0.340 e. The molecule has 0 amide bonds. The van der Waals surface area contributed by atoms with E-state index in [1.54, 1.807) is 61.1 Å². The summed E-state index contributed by atoms with van der Waals surface area (Å²) in [7, 11) is -1.34. The zero-order valence-corrected chi connectivity index (χ0v) is 23.6. The van der Waals surface area contributed by atoms with Crippen LogP contribution >= 0.6 is 34.8 Å². The fourth-order valence-corrected chi connectivity index (χ4v) is 5.88. The molecular formula is C26H22Cl3N3O5S. The number of anilines is 1. The second kappa shape index (κ2) is 10.9. The standard InChI is InChI=1S/C26H22Cl3N3O5S/c1-16-24(25(33)32(30(16)2)17-8-5-4-6-9-17)31(3)38(35,36)18-12-13-23(29)19(14-18)26(34)37-15-20-21(27)10-7-11-22(20)28/h4-14H,15H2,1-3H3. The Morgan fingerprint density at radius 2 is 1.58 bits per heavy atom. The lowest BCUT2D eigenvalue weighted by Crippen LogP contribution is -2.32. The molecule has 0 aliphatic heterocycles. The molecule has 0 atom stereocenters. The van der Waals surface area contributed by atoms with E-state index in [2.05, 4.69) is 0 Å². The van der Waals surface area contributed by atoms with Crippen molar-refractivity contribution in [2.75, 3.05) is 11.4 Å². The maximum Gasteiger partial charge on any atom is 0.340 e. The third kappa shape index (κ3) is 5.07. The van der Waals surface area contributed by atoms with Gasteiger partial charge in [-0.15, -0.1) is 0 Å². The van der Waals surface area contributed by atoms with Crippen LogP contribution in [0.4, 0.5) is 5.69 Å². The molecule has 0 radical (unpaired) electrons. The number of rotatable bonds is 7. The summed E-state index contributed by atoms with van der Waals surface area (Å²) in [6.07, 6.45) is 0. The Hall–Kier alpha value is -3.24. The van der Waals surface area contributed by atoms with E-state index in [-0.39, 0.29) is 27.8 Å². The highest BCUT2D eigenvalue weighted by Crippen LogP contribution is 2.29. The summed E-state index contributed by atoms with van der Waals surface area (Å²) in [4.78, 5) is 25.9. The predicted octanol–water partition coefficient (Wildman–Crippen LogP) is 5.63. The lowest BCUT2D eigenvalue weighted by Gasteiger charge is -2.19. The minimum absolute atomic E-state index is 0.0100. The number of esters is 1. The number of carbonyl (C=O) groups is 1. The Balaban J connectivity index is 1.68. The predicted molar refractivity (Wildman–Crippen MR) is 148 cm³/mol. The molecule has 0 N–H and O–H groups in total. The first-order chi connectivity index (χ1) is 17.9. The van der Waals surface area contributed by atoms with Gasteiger partial charge in [0, 0.05) is 29.7 Å². The quantitative estimate of drug-likeness (QED) is 0.259. The Morgan fingerprint density at radius 1 is 0.947 bits per heavy atom. The van der Waals surface area contributed by atoms with Gasteiger partial charge in [-0.05, 0) is 49.4 Å². The van der Waals surface area contributed by atoms with Crippen LogP contribution < -0.4 is 9.86 Å². The summed E-state index contributed by atoms with van der Waals surface area (Å²) in [6, 6.07) is 17.3. The van der Waals surface area contributed by atoms with Crippen LogP contribution in [0, 0.1) is 6.92 Å². The van der Waals surface area contributed by atoms with Gasteiger partial charge in [0.25, 0.3) is 15.6 Å². The molecule has 4 rings (SSSR count). The van der Waals surface area contributed by atoms with Crippen LogP contribution in [0.5, 0.6) is 0 Å². The van der Waals surface area contributed by atoms with Crippen molar-refractivity contribution in [3.8, 4) is 5.69 Å². The Bertz CT molecular complexity index is 1680. The summed E-state index contributed by atoms with van der Waals surface area (Å²) in [6.45, 7) is 1.40. The Kier molecular flexibility index (Phi) is 7.94. The Morgan fingerprint density at radius 3 is 2.21 bits per heavy atom. The van der Waals surface area contributed by atoms with Crippen LogP contribution in [0.3, 0.4) is 0 Å². The molecule has 3 aromatic carbocycles. The summed E-state index contributed by atoms with van der Waals surface area (Å²) in [5, 5.41) is 0.617. The maximum atomic E-state index is 13.6. The van der Waals surface area contributed by atoms with Gasteiger partial charge >= 0.3 is 5.97 Å². The number of halogens is 3. The molecule has 0 aliphatic rings. The van der Waals surface area contributed by atoms with Gasteiger partial charge in [-0.1, -0.05) is 59.1 Å². The van der Waals surface area contributed by atoms with Crippen molar-refractivity contribution in [1.29, 1.82) is 0 Å². The Labute approximate surface area is 234 Å². The van der Waals surface area contributed by atoms with Gasteiger partial charge in [0.2, 0.25) is 0 Å². The maximum absolute atomic E-state index is 13.6. The van der Waals surface area contributed by atoms with Crippen molar-refractivity contribution < 1.29 is 17.9 Å². The number of sulfonamides is 1. The number of hydrogen-bond acceptors (Lipinski definition) is 5. The van der Waals surface area contributed by atoms with Crippen molar-refractivity contribution in [1.82, 2.24) is 9.36 Å². The van der Waals surface area contributed by atoms with Crippen molar-refractivity contribution >= 4 is 56.5 Å². The average Bonchev–Trinajstić information content (AvgIpc) is 3.11. The summed E-state index contributed by atoms with van der Waals surface area (Å²) >= 11 is 18.5. The number of nitrogens with zero attached hydrogens (tertiary/aromatic N) is 3. The van der Waals surface area contributed by atoms with E-state index in [4.69, 9.17) is 39.5 Å². The number of para-hydroxylation sites is 1. The lowest BCUT2D eigenvalue weighted by molar-refractivity contribution is 0.0473. The topological polar surface area (TPSA) is 90.6 Å². The first-order valence-corrected chi connectivity index (χ1v) is 13.7. The van der Waals surface area contributed by atoms with Gasteiger partial charge in [-0.3, -0.25) is 13.8 Å². The molecule has 198 valence electrons. The molecular weight excluding hydrogens is 573 g/mol. The molecule has 0 aliphatic carbocycles. The van der Waals surface area contributed by atoms with Gasteiger partial charge in [0.15, 0.2) is 0 Å². The monoisotopic (exact) mass is 593 g/mol. The molecule has 0 unspecified atom stereocenters. The van der Waals surface area contributed by atoms with Crippen LogP contribution in [0.25, 0.3) is 5.69 Å². The van der Waals surface area contributed by atoms with E-state index in [0.717, 1.165) is 10.4 Å². The molecule has 0 spiro atoms. The van der Waals surface area contributed by atoms with Crippen LogP contribution in [0.1, 0.15) is 21.6 Å². The molecule has 12 heteroatoms. The van der Waals surface area contributed by atoms with E-state index in [0.29, 0.717) is 27.0 Å². The highest BCUT2D eigenvalue weighted by molar-refractivity contribution is 7.92. The number of carbonyl (C=O) groups excluding carboxylic acids is 1. The van der Waals surface area contributed by atoms with E-state index < -0.39 is 21.6 Å². The zero-order chi connectivity index (χ0) is 27.8. The zero-order valence-electron chi connectivity index (χ0n) is 20.5. The molecule has 38 heavy (non-hydrogen) atoms. The first kappa shape index (κ1) is 27.8. The lowest BCUT2D eigenvalue weighted by atomic mass is 10.2. The van der Waals surface area contributed by atoms with Crippen LogP contribution in [-0.2, 0) is 28.4 Å². The normalized spacial score (nSPS) is 11.4. The van der Waals surface area contributed by atoms with Gasteiger partial charge in [-0.25, -0.2) is 17.9 Å². The third-order valence-electron chi connectivity index (χ3n) is 6.06. The molecule has 8 nitrogen and oxygen atoms in total. The van der Waals surface area contributed by atoms with Gasteiger partial charge in [0.05, 0.1) is 26.9 Å². The summed E-state index contributed by atoms with van der Waals surface area (Å²) in [5.41, 5.74) is 0.676. The number of benzene rings is 3. The van der Waals surface area contributed by atoms with E-state index in [1.807, 2.05) is 6.07 Å². The fourth-order valence-electron chi connectivity index (χ4n) is 3.90. The van der Waals surface area contributed by atoms with Crippen molar-refractivity contribution in [2.45, 2.75) is 18.4 Å². The minimum Gasteiger partial charge on any atom is -0.457 e. The molecule has 0 fully saturated rings. The molecule has 0 bridgehead atoms.